The third-order valence-electron chi connectivity index (χ3n) is 2.54. The van der Waals surface area contributed by atoms with E-state index in [9.17, 15) is 0 Å². The Kier molecular flexibility index (Phi) is 4.58. The molecule has 17 heavy (non-hydrogen) atoms. The molecule has 2 aromatic heterocycles. The second-order valence-corrected chi connectivity index (χ2v) is 4.46. The van der Waals surface area contributed by atoms with Gasteiger partial charge in [-0.05, 0) is 31.0 Å². The van der Waals surface area contributed by atoms with E-state index < -0.39 is 0 Å². The number of nitrogens with one attached hydrogen (secondary N) is 1. The maximum absolute atomic E-state index is 4.31. The summed E-state index contributed by atoms with van der Waals surface area (Å²) < 4.78 is 8.38. The molecule has 0 aliphatic rings. The Morgan fingerprint density at radius 1 is 1.41 bits per heavy atom. The van der Waals surface area contributed by atoms with Gasteiger partial charge in [0, 0.05) is 12.4 Å². The van der Waals surface area contributed by atoms with Crippen molar-refractivity contribution in [1.29, 1.82) is 0 Å². The van der Waals surface area contributed by atoms with Crippen LogP contribution in [0.4, 0.5) is 0 Å². The van der Waals surface area contributed by atoms with Gasteiger partial charge in [0.25, 0.3) is 0 Å². The van der Waals surface area contributed by atoms with Gasteiger partial charge in [0.2, 0.25) is 0 Å². The number of hydrogen-bond donors (Lipinski definition) is 1. The molecule has 0 aromatic carbocycles. The predicted octanol–water partition coefficient (Wildman–Crippen LogP) is 2.22. The molecule has 2 rings (SSSR count). The fourth-order valence-electron chi connectivity index (χ4n) is 1.68. The number of aromatic nitrogens is 3. The molecule has 5 heteroatoms. The molecular formula is C12H16N4S. The van der Waals surface area contributed by atoms with Crippen molar-refractivity contribution >= 4 is 11.7 Å². The first-order valence-corrected chi connectivity index (χ1v) is 6.53. The van der Waals surface area contributed by atoms with Crippen LogP contribution >= 0.6 is 11.7 Å². The van der Waals surface area contributed by atoms with Crippen molar-refractivity contribution in [2.45, 2.75) is 25.8 Å². The fraction of sp³-hybridized carbons (Fsp3) is 0.417. The van der Waals surface area contributed by atoms with E-state index >= 15 is 0 Å². The van der Waals surface area contributed by atoms with Crippen LogP contribution in [0.2, 0.25) is 0 Å². The lowest BCUT2D eigenvalue weighted by atomic mass is 10.1. The normalized spacial score (nSPS) is 12.5. The summed E-state index contributed by atoms with van der Waals surface area (Å²) in [5, 5.41) is 3.50. The Bertz CT molecular complexity index is 415. The first-order valence-electron chi connectivity index (χ1n) is 5.80. The first kappa shape index (κ1) is 12.1. The molecule has 4 nitrogen and oxygen atoms in total. The zero-order chi connectivity index (χ0) is 11.9. The van der Waals surface area contributed by atoms with Crippen LogP contribution in [0.5, 0.6) is 0 Å². The number of hydrogen-bond acceptors (Lipinski definition) is 5. The van der Waals surface area contributed by atoms with E-state index in [1.165, 1.54) is 17.3 Å². The summed E-state index contributed by atoms with van der Waals surface area (Å²) in [4.78, 5) is 4.14. The van der Waals surface area contributed by atoms with Crippen molar-refractivity contribution in [1.82, 2.24) is 19.0 Å². The third-order valence-corrected chi connectivity index (χ3v) is 3.03. The van der Waals surface area contributed by atoms with Gasteiger partial charge in [-0.1, -0.05) is 13.0 Å². The highest BCUT2D eigenvalue weighted by molar-refractivity contribution is 6.99. The molecule has 0 saturated carbocycles. The molecule has 0 bridgehead atoms. The van der Waals surface area contributed by atoms with Gasteiger partial charge in [-0.2, -0.15) is 8.75 Å². The Balaban J connectivity index is 2.06. The number of rotatable bonds is 6. The lowest BCUT2D eigenvalue weighted by Gasteiger charge is -2.15. The lowest BCUT2D eigenvalue weighted by molar-refractivity contribution is 0.520. The summed E-state index contributed by atoms with van der Waals surface area (Å²) in [6.07, 6.45) is 7.55. The Labute approximate surface area is 105 Å². The zero-order valence-electron chi connectivity index (χ0n) is 9.84. The van der Waals surface area contributed by atoms with Gasteiger partial charge in [0.15, 0.2) is 0 Å². The molecule has 90 valence electrons. The fourth-order valence-corrected chi connectivity index (χ4v) is 2.15. The minimum absolute atomic E-state index is 0.234. The van der Waals surface area contributed by atoms with E-state index in [-0.39, 0.29) is 6.04 Å². The van der Waals surface area contributed by atoms with Crippen LogP contribution in [0.15, 0.2) is 30.7 Å². The molecule has 0 amide bonds. The van der Waals surface area contributed by atoms with Gasteiger partial charge in [0.05, 0.1) is 29.7 Å². The monoisotopic (exact) mass is 248 g/mol. The van der Waals surface area contributed by atoms with E-state index in [1.54, 1.807) is 6.20 Å². The molecule has 1 N–H and O–H groups in total. The smallest absolute Gasteiger partial charge is 0.0915 e. The third kappa shape index (κ3) is 3.57. The van der Waals surface area contributed by atoms with Gasteiger partial charge in [-0.3, -0.25) is 4.98 Å². The van der Waals surface area contributed by atoms with Crippen LogP contribution in [0.3, 0.4) is 0 Å². The predicted molar refractivity (Wildman–Crippen MR) is 68.9 cm³/mol. The van der Waals surface area contributed by atoms with Gasteiger partial charge >= 0.3 is 0 Å². The average molecular weight is 248 g/mol. The van der Waals surface area contributed by atoms with E-state index in [0.717, 1.165) is 25.1 Å². The van der Waals surface area contributed by atoms with Crippen LogP contribution in [-0.4, -0.2) is 20.3 Å². The molecule has 1 atom stereocenters. The summed E-state index contributed by atoms with van der Waals surface area (Å²) in [7, 11) is 0. The summed E-state index contributed by atoms with van der Waals surface area (Å²) >= 11 is 1.26. The van der Waals surface area contributed by atoms with E-state index in [1.807, 2.05) is 18.5 Å². The molecule has 0 fully saturated rings. The summed E-state index contributed by atoms with van der Waals surface area (Å²) in [6, 6.07) is 4.29. The van der Waals surface area contributed by atoms with Crippen LogP contribution in [0.25, 0.3) is 0 Å². The molecule has 2 heterocycles. The maximum atomic E-state index is 4.31. The molecule has 0 aliphatic carbocycles. The van der Waals surface area contributed by atoms with Crippen molar-refractivity contribution in [2.24, 2.45) is 0 Å². The second kappa shape index (κ2) is 6.42. The maximum Gasteiger partial charge on any atom is 0.0915 e. The SMILES string of the molecule is CCCNC(Cc1cccnc1)c1cnsn1. The molecule has 0 saturated heterocycles. The van der Waals surface area contributed by atoms with E-state index in [4.69, 9.17) is 0 Å². The van der Waals surface area contributed by atoms with Crippen LogP contribution < -0.4 is 5.32 Å². The van der Waals surface area contributed by atoms with Gasteiger partial charge < -0.3 is 5.32 Å². The summed E-state index contributed by atoms with van der Waals surface area (Å²) in [6.45, 7) is 3.15. The Hall–Kier alpha value is -1.33. The molecule has 0 aliphatic heterocycles. The van der Waals surface area contributed by atoms with Crippen molar-refractivity contribution in [2.75, 3.05) is 6.54 Å². The number of nitrogens with zero attached hydrogens (tertiary/aromatic N) is 3. The van der Waals surface area contributed by atoms with E-state index in [0.29, 0.717) is 0 Å². The van der Waals surface area contributed by atoms with Gasteiger partial charge in [-0.25, -0.2) is 0 Å². The minimum atomic E-state index is 0.234. The second-order valence-electron chi connectivity index (χ2n) is 3.90. The summed E-state index contributed by atoms with van der Waals surface area (Å²) in [5.41, 5.74) is 2.24. The van der Waals surface area contributed by atoms with Gasteiger partial charge in [-0.15, -0.1) is 0 Å². The molecule has 0 spiro atoms. The zero-order valence-corrected chi connectivity index (χ0v) is 10.7. The molecule has 2 aromatic rings. The Morgan fingerprint density at radius 2 is 2.35 bits per heavy atom. The largest absolute Gasteiger partial charge is 0.308 e. The molecule has 0 radical (unpaired) electrons. The summed E-state index contributed by atoms with van der Waals surface area (Å²) in [5.74, 6) is 0. The van der Waals surface area contributed by atoms with Crippen molar-refractivity contribution in [3.63, 3.8) is 0 Å². The number of pyridine rings is 1. The topological polar surface area (TPSA) is 50.7 Å². The van der Waals surface area contributed by atoms with Crippen LogP contribution in [0, 0.1) is 0 Å². The average Bonchev–Trinajstić information content (AvgIpc) is 2.89. The van der Waals surface area contributed by atoms with Crippen LogP contribution in [0.1, 0.15) is 30.6 Å². The van der Waals surface area contributed by atoms with Gasteiger partial charge in [0.1, 0.15) is 0 Å². The molecule has 1 unspecified atom stereocenters. The van der Waals surface area contributed by atoms with Crippen molar-refractivity contribution in [3.8, 4) is 0 Å². The lowest BCUT2D eigenvalue weighted by Crippen LogP contribution is -2.24. The van der Waals surface area contributed by atoms with Crippen molar-refractivity contribution in [3.05, 3.63) is 42.0 Å². The quantitative estimate of drug-likeness (QED) is 0.851. The molecular weight excluding hydrogens is 232 g/mol. The highest BCUT2D eigenvalue weighted by Crippen LogP contribution is 2.16. The minimum Gasteiger partial charge on any atom is -0.308 e. The highest BCUT2D eigenvalue weighted by Gasteiger charge is 2.14. The van der Waals surface area contributed by atoms with Crippen molar-refractivity contribution < 1.29 is 0 Å². The van der Waals surface area contributed by atoms with E-state index in [2.05, 4.69) is 32.0 Å². The first-order chi connectivity index (χ1) is 8.40. The Morgan fingerprint density at radius 3 is 3.00 bits per heavy atom. The van der Waals surface area contributed by atoms with Crippen LogP contribution in [-0.2, 0) is 6.42 Å². The standard InChI is InChI=1S/C12H16N4S/c1-2-5-14-11(12-9-15-17-16-12)7-10-4-3-6-13-8-10/h3-4,6,8-9,11,14H,2,5,7H2,1H3. The highest BCUT2D eigenvalue weighted by atomic mass is 32.1.